The molecule has 0 heterocycles. The third-order valence-electron chi connectivity index (χ3n) is 3.81. The van der Waals surface area contributed by atoms with Crippen LogP contribution < -0.4 is 15.9 Å². The van der Waals surface area contributed by atoms with Gasteiger partial charge in [-0.05, 0) is 22.8 Å². The summed E-state index contributed by atoms with van der Waals surface area (Å²) in [4.78, 5) is 19.6. The molecule has 0 fully saturated rings. The van der Waals surface area contributed by atoms with Gasteiger partial charge in [-0.25, -0.2) is 0 Å². The second-order valence-electron chi connectivity index (χ2n) is 5.43. The smallest absolute Gasteiger partial charge is 0.321 e. The molecular weight excluding hydrogens is 338 g/mol. The molecule has 0 aliphatic carbocycles. The van der Waals surface area contributed by atoms with Gasteiger partial charge in [0.05, 0.1) is 0 Å². The zero-order valence-electron chi connectivity index (χ0n) is 12.9. The predicted molar refractivity (Wildman–Crippen MR) is 103 cm³/mol. The maximum absolute atomic E-state index is 12.0. The van der Waals surface area contributed by atoms with E-state index in [2.05, 4.69) is 0 Å². The van der Waals surface area contributed by atoms with Crippen LogP contribution in [0.3, 0.4) is 0 Å². The van der Waals surface area contributed by atoms with E-state index in [0.29, 0.717) is 0 Å². The first-order valence-electron chi connectivity index (χ1n) is 7.50. The first-order valence-corrected chi connectivity index (χ1v) is 11.0. The molecule has 3 nitrogen and oxygen atoms in total. The Morgan fingerprint density at radius 2 is 0.875 bits per heavy atom. The molecule has 24 heavy (non-hydrogen) atoms. The Balaban J connectivity index is 2.48. The van der Waals surface area contributed by atoms with Gasteiger partial charge in [0.15, 0.2) is 0 Å². The monoisotopic (exact) mass is 356 g/mol. The highest BCUT2D eigenvalue weighted by Gasteiger charge is 2.29. The standard InChI is InChI=1S/C19H18O3P2/c20-24(21,22)16-23(17-10-4-1-5-11-17,18-12-6-2-7-13-18)19-14-8-3-9-15-19/h1-16H,(H2,20,21,22). The van der Waals surface area contributed by atoms with E-state index in [0.717, 1.165) is 15.9 Å². The topological polar surface area (TPSA) is 57.5 Å². The summed E-state index contributed by atoms with van der Waals surface area (Å²) in [5.74, 6) is 0. The van der Waals surface area contributed by atoms with Crippen LogP contribution in [0.5, 0.6) is 0 Å². The number of hydrogen-bond donors (Lipinski definition) is 2. The Morgan fingerprint density at radius 1 is 0.583 bits per heavy atom. The molecular formula is C19H18O3P2. The van der Waals surface area contributed by atoms with Crippen LogP contribution in [0.15, 0.2) is 91.0 Å². The van der Waals surface area contributed by atoms with Crippen molar-refractivity contribution in [2.45, 2.75) is 0 Å². The number of hydrogen-bond acceptors (Lipinski definition) is 1. The second-order valence-corrected chi connectivity index (χ2v) is 10.5. The molecule has 0 atom stereocenters. The van der Waals surface area contributed by atoms with Gasteiger partial charge in [-0.2, -0.15) is 0 Å². The van der Waals surface area contributed by atoms with Gasteiger partial charge in [-0.15, -0.1) is 0 Å². The first-order chi connectivity index (χ1) is 11.5. The molecule has 3 aromatic rings. The molecule has 0 bridgehead atoms. The highest BCUT2D eigenvalue weighted by atomic mass is 31.2. The maximum atomic E-state index is 12.0. The van der Waals surface area contributed by atoms with Crippen LogP contribution in [0.25, 0.3) is 0 Å². The van der Waals surface area contributed by atoms with E-state index in [1.54, 1.807) is 0 Å². The number of benzene rings is 3. The van der Waals surface area contributed by atoms with E-state index in [1.807, 2.05) is 91.0 Å². The summed E-state index contributed by atoms with van der Waals surface area (Å²) in [6.07, 6.45) is 0. The summed E-state index contributed by atoms with van der Waals surface area (Å²) >= 11 is 0. The fourth-order valence-corrected chi connectivity index (χ4v) is 9.09. The van der Waals surface area contributed by atoms with Crippen molar-refractivity contribution in [1.82, 2.24) is 0 Å². The molecule has 0 aliphatic heterocycles. The summed E-state index contributed by atoms with van der Waals surface area (Å²) in [5.41, 5.74) is 1.26. The van der Waals surface area contributed by atoms with E-state index < -0.39 is 14.5 Å². The highest BCUT2D eigenvalue weighted by molar-refractivity contribution is 8.03. The lowest BCUT2D eigenvalue weighted by atomic mass is 10.4. The molecule has 5 heteroatoms. The normalized spacial score (nSPS) is 11.9. The van der Waals surface area contributed by atoms with Gasteiger partial charge in [0.1, 0.15) is 0 Å². The molecule has 3 aromatic carbocycles. The summed E-state index contributed by atoms with van der Waals surface area (Å²) in [6, 6.07) is 28.8. The fourth-order valence-electron chi connectivity index (χ4n) is 2.86. The molecule has 0 unspecified atom stereocenters. The Hall–Kier alpha value is -1.89. The van der Waals surface area contributed by atoms with Crippen molar-refractivity contribution >= 4 is 35.9 Å². The highest BCUT2D eigenvalue weighted by Crippen LogP contribution is 2.50. The van der Waals surface area contributed by atoms with Crippen LogP contribution in [-0.4, -0.2) is 15.3 Å². The summed E-state index contributed by atoms with van der Waals surface area (Å²) < 4.78 is 12.0. The molecule has 0 amide bonds. The van der Waals surface area contributed by atoms with Crippen molar-refractivity contribution in [2.24, 2.45) is 0 Å². The zero-order chi connectivity index (χ0) is 17.0. The lowest BCUT2D eigenvalue weighted by molar-refractivity contribution is 0.393. The lowest BCUT2D eigenvalue weighted by Gasteiger charge is -2.28. The van der Waals surface area contributed by atoms with Crippen molar-refractivity contribution in [3.8, 4) is 0 Å². The van der Waals surface area contributed by atoms with Gasteiger partial charge >= 0.3 is 7.60 Å². The maximum Gasteiger partial charge on any atom is 0.350 e. The van der Waals surface area contributed by atoms with Crippen LogP contribution >= 0.6 is 14.5 Å². The van der Waals surface area contributed by atoms with Crippen molar-refractivity contribution < 1.29 is 14.4 Å². The molecule has 122 valence electrons. The third-order valence-corrected chi connectivity index (χ3v) is 9.74. The predicted octanol–water partition coefficient (Wildman–Crippen LogP) is 2.92. The van der Waals surface area contributed by atoms with Gasteiger partial charge in [-0.1, -0.05) is 91.0 Å². The van der Waals surface area contributed by atoms with E-state index in [1.165, 1.54) is 5.54 Å². The van der Waals surface area contributed by atoms with E-state index in [4.69, 9.17) is 0 Å². The van der Waals surface area contributed by atoms with Gasteiger partial charge in [0.2, 0.25) is 0 Å². The SMILES string of the molecule is O=P(O)(O)C=P(c1ccccc1)(c1ccccc1)c1ccccc1. The largest absolute Gasteiger partial charge is 0.350 e. The van der Waals surface area contributed by atoms with Crippen molar-refractivity contribution in [2.75, 3.05) is 0 Å². The molecule has 0 saturated carbocycles. The van der Waals surface area contributed by atoms with Crippen LogP contribution in [0.4, 0.5) is 0 Å². The molecule has 0 radical (unpaired) electrons. The minimum Gasteiger partial charge on any atom is -0.321 e. The minimum atomic E-state index is -4.36. The summed E-state index contributed by atoms with van der Waals surface area (Å²) in [6.45, 7) is -2.56. The van der Waals surface area contributed by atoms with Gasteiger partial charge in [0.25, 0.3) is 0 Å². The Kier molecular flexibility index (Phi) is 4.89. The van der Waals surface area contributed by atoms with Crippen LogP contribution in [-0.2, 0) is 4.57 Å². The van der Waals surface area contributed by atoms with E-state index in [-0.39, 0.29) is 0 Å². The summed E-state index contributed by atoms with van der Waals surface area (Å²) in [5, 5.41) is 2.77. The molecule has 2 N–H and O–H groups in total. The molecule has 0 aromatic heterocycles. The van der Waals surface area contributed by atoms with Crippen LogP contribution in [0.2, 0.25) is 0 Å². The van der Waals surface area contributed by atoms with Gasteiger partial charge < -0.3 is 9.79 Å². The molecule has 0 aliphatic rings. The molecule has 0 saturated heterocycles. The Bertz CT molecular complexity index is 798. The van der Waals surface area contributed by atoms with Gasteiger partial charge in [0, 0.05) is 5.54 Å². The van der Waals surface area contributed by atoms with Gasteiger partial charge in [-0.3, -0.25) is 4.57 Å². The Morgan fingerprint density at radius 3 is 1.12 bits per heavy atom. The van der Waals surface area contributed by atoms with Crippen LogP contribution in [0, 0.1) is 0 Å². The Labute approximate surface area is 141 Å². The number of rotatable bonds is 4. The molecule has 3 rings (SSSR count). The minimum absolute atomic E-state index is 0.922. The van der Waals surface area contributed by atoms with Crippen LogP contribution in [0.1, 0.15) is 0 Å². The van der Waals surface area contributed by atoms with E-state index >= 15 is 0 Å². The summed E-state index contributed by atoms with van der Waals surface area (Å²) in [7, 11) is -4.36. The second kappa shape index (κ2) is 6.93. The average Bonchev–Trinajstić information content (AvgIpc) is 2.61. The zero-order valence-corrected chi connectivity index (χ0v) is 14.7. The first kappa shape index (κ1) is 17.0. The van der Waals surface area contributed by atoms with Crippen molar-refractivity contribution in [1.29, 1.82) is 0 Å². The third kappa shape index (κ3) is 3.45. The lowest BCUT2D eigenvalue weighted by Crippen LogP contribution is -2.26. The quantitative estimate of drug-likeness (QED) is 0.707. The van der Waals surface area contributed by atoms with Crippen molar-refractivity contribution in [3.05, 3.63) is 91.0 Å². The fraction of sp³-hybridized carbons (Fsp3) is 0. The average molecular weight is 356 g/mol. The molecule has 0 spiro atoms. The van der Waals surface area contributed by atoms with E-state index in [9.17, 15) is 14.4 Å². The van der Waals surface area contributed by atoms with Crippen molar-refractivity contribution in [3.63, 3.8) is 0 Å².